The molecule has 3 aromatic rings. The van der Waals surface area contributed by atoms with Gasteiger partial charge in [-0.05, 0) is 85.7 Å². The van der Waals surface area contributed by atoms with Crippen molar-refractivity contribution in [2.24, 2.45) is 0 Å². The molecule has 0 spiro atoms. The largest absolute Gasteiger partial charge is 0.497 e. The molecule has 222 valence electrons. The van der Waals surface area contributed by atoms with Crippen molar-refractivity contribution in [3.8, 4) is 17.0 Å². The summed E-state index contributed by atoms with van der Waals surface area (Å²) in [5.74, 6) is 0.405. The fraction of sp³-hybridized carbons (Fsp3) is 0.438. The Morgan fingerprint density at radius 2 is 1.79 bits per heavy atom. The number of rotatable bonds is 2. The highest BCUT2D eigenvalue weighted by Crippen LogP contribution is 2.47. The number of nitrogens with zero attached hydrogens (tertiary/aromatic N) is 2. The van der Waals surface area contributed by atoms with E-state index < -0.39 is 16.1 Å². The third-order valence-electron chi connectivity index (χ3n) is 8.90. The van der Waals surface area contributed by atoms with E-state index in [9.17, 15) is 18.0 Å². The number of ether oxygens (including phenoxy) is 1. The van der Waals surface area contributed by atoms with Crippen molar-refractivity contribution in [2.75, 3.05) is 33.8 Å². The molecule has 0 saturated heterocycles. The van der Waals surface area contributed by atoms with Crippen LogP contribution in [0.4, 0.5) is 0 Å². The number of benzene rings is 2. The second-order valence-electron chi connectivity index (χ2n) is 11.6. The second-order valence-corrected chi connectivity index (χ2v) is 13.4. The van der Waals surface area contributed by atoms with Crippen LogP contribution in [0, 0.1) is 0 Å². The SMILES string of the molecule is COc1ccc2c(c1)C=C1Cn3c-2c(C2CCCCC2)c2ccc(cc23)C(=O)NS(=O)(=O)N(C)CCCCNCC1=O. The van der Waals surface area contributed by atoms with Gasteiger partial charge in [0.15, 0.2) is 5.78 Å². The van der Waals surface area contributed by atoms with E-state index in [1.54, 1.807) is 19.2 Å². The van der Waals surface area contributed by atoms with Gasteiger partial charge in [-0.1, -0.05) is 25.3 Å². The average molecular weight is 591 g/mol. The fourth-order valence-electron chi connectivity index (χ4n) is 6.63. The Labute approximate surface area is 247 Å². The highest BCUT2D eigenvalue weighted by Gasteiger charge is 2.31. The minimum Gasteiger partial charge on any atom is -0.497 e. The molecule has 1 aliphatic carbocycles. The third kappa shape index (κ3) is 5.39. The highest BCUT2D eigenvalue weighted by molar-refractivity contribution is 7.87. The van der Waals surface area contributed by atoms with Gasteiger partial charge in [0.2, 0.25) is 0 Å². The number of ketones is 1. The van der Waals surface area contributed by atoms with Crippen LogP contribution < -0.4 is 14.8 Å². The molecule has 42 heavy (non-hydrogen) atoms. The smallest absolute Gasteiger partial charge is 0.303 e. The van der Waals surface area contributed by atoms with Crippen molar-refractivity contribution < 1.29 is 22.7 Å². The maximum Gasteiger partial charge on any atom is 0.303 e. The van der Waals surface area contributed by atoms with Gasteiger partial charge in [-0.15, -0.1) is 0 Å². The Kier molecular flexibility index (Phi) is 7.95. The van der Waals surface area contributed by atoms with Crippen LogP contribution in [0.2, 0.25) is 0 Å². The molecular formula is C32H38N4O5S. The van der Waals surface area contributed by atoms with E-state index in [2.05, 4.69) is 20.7 Å². The molecule has 1 aromatic heterocycles. The first-order valence-corrected chi connectivity index (χ1v) is 16.3. The molecule has 4 bridgehead atoms. The maximum absolute atomic E-state index is 13.7. The zero-order valence-corrected chi connectivity index (χ0v) is 25.1. The van der Waals surface area contributed by atoms with E-state index >= 15 is 0 Å². The predicted octanol–water partition coefficient (Wildman–Crippen LogP) is 4.62. The van der Waals surface area contributed by atoms with Crippen molar-refractivity contribution in [1.82, 2.24) is 18.9 Å². The number of hydrogen-bond donors (Lipinski definition) is 2. The summed E-state index contributed by atoms with van der Waals surface area (Å²) >= 11 is 0. The Bertz CT molecular complexity index is 1680. The molecule has 10 heteroatoms. The van der Waals surface area contributed by atoms with Crippen LogP contribution in [0.25, 0.3) is 28.2 Å². The van der Waals surface area contributed by atoms with Crippen molar-refractivity contribution in [2.45, 2.75) is 57.4 Å². The van der Waals surface area contributed by atoms with Gasteiger partial charge in [0.05, 0.1) is 25.9 Å². The molecule has 3 aliphatic rings. The van der Waals surface area contributed by atoms with Crippen LogP contribution in [-0.4, -0.2) is 62.8 Å². The number of aromatic nitrogens is 1. The van der Waals surface area contributed by atoms with Crippen molar-refractivity contribution in [1.29, 1.82) is 0 Å². The van der Waals surface area contributed by atoms with E-state index in [4.69, 9.17) is 4.74 Å². The summed E-state index contributed by atoms with van der Waals surface area (Å²) in [6.07, 6.45) is 8.95. The molecule has 0 unspecified atom stereocenters. The van der Waals surface area contributed by atoms with Crippen LogP contribution in [0.3, 0.4) is 0 Å². The van der Waals surface area contributed by atoms with E-state index in [0.29, 0.717) is 37.4 Å². The van der Waals surface area contributed by atoms with E-state index in [1.165, 1.54) is 23.3 Å². The van der Waals surface area contributed by atoms with Crippen LogP contribution in [0.5, 0.6) is 5.75 Å². The van der Waals surface area contributed by atoms with E-state index in [0.717, 1.165) is 59.2 Å². The van der Waals surface area contributed by atoms with Gasteiger partial charge in [0.25, 0.3) is 5.91 Å². The van der Waals surface area contributed by atoms with Gasteiger partial charge >= 0.3 is 10.2 Å². The molecule has 1 amide bonds. The molecular weight excluding hydrogens is 552 g/mol. The summed E-state index contributed by atoms with van der Waals surface area (Å²) in [7, 11) is -0.898. The van der Waals surface area contributed by atoms with Crippen LogP contribution in [-0.2, 0) is 21.5 Å². The number of carbonyl (C=O) groups is 2. The number of methoxy groups -OCH3 is 1. The molecule has 2 aromatic carbocycles. The Morgan fingerprint density at radius 3 is 2.57 bits per heavy atom. The zero-order valence-electron chi connectivity index (χ0n) is 24.2. The van der Waals surface area contributed by atoms with Crippen LogP contribution in [0.1, 0.15) is 72.3 Å². The maximum atomic E-state index is 13.7. The van der Waals surface area contributed by atoms with Crippen LogP contribution in [0.15, 0.2) is 42.0 Å². The number of hydrogen-bond acceptors (Lipinski definition) is 6. The first-order chi connectivity index (χ1) is 20.3. The molecule has 1 saturated carbocycles. The number of Topliss-reactive ketones (excluding diaryl/α,β-unsaturated/α-hetero) is 1. The molecule has 9 nitrogen and oxygen atoms in total. The van der Waals surface area contributed by atoms with Crippen molar-refractivity contribution >= 4 is 38.9 Å². The minimum absolute atomic E-state index is 0.00981. The topological polar surface area (TPSA) is 110 Å². The monoisotopic (exact) mass is 590 g/mol. The first kappa shape index (κ1) is 28.6. The fourth-order valence-corrected chi connectivity index (χ4v) is 7.50. The van der Waals surface area contributed by atoms with E-state index in [-0.39, 0.29) is 24.4 Å². The quantitative estimate of drug-likeness (QED) is 0.451. The molecule has 2 N–H and O–H groups in total. The summed E-state index contributed by atoms with van der Waals surface area (Å²) < 4.78 is 37.0. The summed E-state index contributed by atoms with van der Waals surface area (Å²) in [5, 5.41) is 4.29. The Hall–Kier alpha value is -3.47. The molecule has 0 radical (unpaired) electrons. The lowest BCUT2D eigenvalue weighted by Crippen LogP contribution is -2.42. The summed E-state index contributed by atoms with van der Waals surface area (Å²) in [4.78, 5) is 27.0. The van der Waals surface area contributed by atoms with Gasteiger partial charge in [-0.3, -0.25) is 9.59 Å². The van der Waals surface area contributed by atoms with Crippen molar-refractivity contribution in [3.63, 3.8) is 0 Å². The Balaban J connectivity index is 1.59. The highest BCUT2D eigenvalue weighted by atomic mass is 32.2. The molecule has 6 rings (SSSR count). The minimum atomic E-state index is -4.00. The average Bonchev–Trinajstić information content (AvgIpc) is 3.20. The van der Waals surface area contributed by atoms with Gasteiger partial charge in [0, 0.05) is 41.2 Å². The number of amides is 1. The molecule has 1 fully saturated rings. The van der Waals surface area contributed by atoms with Gasteiger partial charge < -0.3 is 14.6 Å². The predicted molar refractivity (Wildman–Crippen MR) is 164 cm³/mol. The van der Waals surface area contributed by atoms with Crippen LogP contribution >= 0.6 is 0 Å². The normalized spacial score (nSPS) is 20.6. The van der Waals surface area contributed by atoms with Gasteiger partial charge in [-0.25, -0.2) is 4.72 Å². The summed E-state index contributed by atoms with van der Waals surface area (Å²) in [6.45, 7) is 1.38. The number of fused-ring (bicyclic) bond motifs is 4. The first-order valence-electron chi connectivity index (χ1n) is 14.8. The number of nitrogens with one attached hydrogen (secondary N) is 2. The van der Waals surface area contributed by atoms with Gasteiger partial charge in [0.1, 0.15) is 5.75 Å². The third-order valence-corrected chi connectivity index (χ3v) is 10.4. The molecule has 3 heterocycles. The summed E-state index contributed by atoms with van der Waals surface area (Å²) in [5.41, 5.74) is 6.00. The van der Waals surface area contributed by atoms with Gasteiger partial charge in [-0.2, -0.15) is 12.7 Å². The standard InChI is InChI=1S/C32H38N4O5S/c1-35-15-7-6-14-33-19-29(37)24-16-23-17-25(41-2)11-13-26(23)31-30(21-8-4-3-5-9-21)27-12-10-22(18-28(27)36(31)20-24)32(38)34-42(35,39)40/h10-13,16-18,21,33H,3-9,14-15,19-20H2,1-2H3,(H,34,38). The molecule has 2 aliphatic heterocycles. The lowest BCUT2D eigenvalue weighted by atomic mass is 9.81. The Morgan fingerprint density at radius 1 is 0.976 bits per heavy atom. The zero-order chi connectivity index (χ0) is 29.4. The van der Waals surface area contributed by atoms with Crippen molar-refractivity contribution in [3.05, 3.63) is 58.7 Å². The lowest BCUT2D eigenvalue weighted by molar-refractivity contribution is -0.114. The second kappa shape index (κ2) is 11.7. The lowest BCUT2D eigenvalue weighted by Gasteiger charge is -2.24. The summed E-state index contributed by atoms with van der Waals surface area (Å²) in [6, 6.07) is 11.5. The number of carbonyl (C=O) groups excluding carboxylic acids is 2. The molecule has 0 atom stereocenters. The van der Waals surface area contributed by atoms with E-state index in [1.807, 2.05) is 24.3 Å².